The lowest BCUT2D eigenvalue weighted by Gasteiger charge is -2.26. The Balaban J connectivity index is 3.29. The summed E-state index contributed by atoms with van der Waals surface area (Å²) in [7, 11) is 2.75. The number of rotatable bonds is 6. The van der Waals surface area contributed by atoms with E-state index in [1.807, 2.05) is 20.8 Å². The lowest BCUT2D eigenvalue weighted by Crippen LogP contribution is -2.37. The zero-order valence-electron chi connectivity index (χ0n) is 12.6. The normalized spacial score (nSPS) is 11.5. The highest BCUT2D eigenvalue weighted by molar-refractivity contribution is 8.13. The van der Waals surface area contributed by atoms with E-state index in [2.05, 4.69) is 0 Å². The molecule has 0 fully saturated rings. The number of halogens is 1. The fraction of sp³-hybridized carbons (Fsp3) is 0.500. The van der Waals surface area contributed by atoms with Crippen molar-refractivity contribution in [2.75, 3.05) is 13.7 Å². The van der Waals surface area contributed by atoms with Gasteiger partial charge in [-0.1, -0.05) is 6.92 Å². The molecule has 0 saturated heterocycles. The number of ether oxygens (including phenoxy) is 1. The van der Waals surface area contributed by atoms with Gasteiger partial charge in [-0.25, -0.2) is 8.42 Å². The van der Waals surface area contributed by atoms with Gasteiger partial charge < -0.3 is 9.64 Å². The van der Waals surface area contributed by atoms with Gasteiger partial charge in [0.05, 0.1) is 7.11 Å². The first-order valence-corrected chi connectivity index (χ1v) is 8.97. The molecule has 0 spiro atoms. The van der Waals surface area contributed by atoms with Crippen LogP contribution in [0.1, 0.15) is 37.6 Å². The molecule has 0 N–H and O–H groups in total. The van der Waals surface area contributed by atoms with Crippen molar-refractivity contribution in [3.05, 3.63) is 23.8 Å². The molecule has 21 heavy (non-hydrogen) atoms. The number of carbonyl (C=O) groups excluding carboxylic acids is 1. The molecule has 0 aliphatic rings. The van der Waals surface area contributed by atoms with Crippen LogP contribution in [-0.4, -0.2) is 38.9 Å². The maximum absolute atomic E-state index is 12.5. The summed E-state index contributed by atoms with van der Waals surface area (Å²) in [5.41, 5.74) is 0.275. The Labute approximate surface area is 130 Å². The van der Waals surface area contributed by atoms with Crippen LogP contribution in [0.25, 0.3) is 0 Å². The topological polar surface area (TPSA) is 63.7 Å². The average Bonchev–Trinajstić information content (AvgIpc) is 2.42. The van der Waals surface area contributed by atoms with Crippen LogP contribution in [-0.2, 0) is 9.05 Å². The van der Waals surface area contributed by atoms with Crippen LogP contribution in [0.5, 0.6) is 5.75 Å². The van der Waals surface area contributed by atoms with Crippen LogP contribution in [0.2, 0.25) is 0 Å². The van der Waals surface area contributed by atoms with Gasteiger partial charge >= 0.3 is 0 Å². The molecule has 0 unspecified atom stereocenters. The van der Waals surface area contributed by atoms with Crippen LogP contribution < -0.4 is 4.74 Å². The van der Waals surface area contributed by atoms with Gasteiger partial charge in [-0.15, -0.1) is 0 Å². The Hall–Kier alpha value is -1.27. The number of carbonyl (C=O) groups is 1. The summed E-state index contributed by atoms with van der Waals surface area (Å²) in [6.45, 7) is 6.41. The van der Waals surface area contributed by atoms with E-state index in [1.54, 1.807) is 4.90 Å². The molecule has 1 rings (SSSR count). The molecule has 118 valence electrons. The van der Waals surface area contributed by atoms with Gasteiger partial charge in [0.2, 0.25) is 0 Å². The zero-order chi connectivity index (χ0) is 16.2. The van der Waals surface area contributed by atoms with Crippen molar-refractivity contribution in [1.29, 1.82) is 0 Å². The highest BCUT2D eigenvalue weighted by Gasteiger charge is 2.23. The predicted molar refractivity (Wildman–Crippen MR) is 82.5 cm³/mol. The van der Waals surface area contributed by atoms with E-state index in [0.717, 1.165) is 6.42 Å². The molecular formula is C14H20ClNO4S. The molecule has 0 aromatic heterocycles. The molecule has 0 aliphatic heterocycles. The molecule has 1 amide bonds. The van der Waals surface area contributed by atoms with Crippen molar-refractivity contribution in [3.63, 3.8) is 0 Å². The highest BCUT2D eigenvalue weighted by Crippen LogP contribution is 2.28. The van der Waals surface area contributed by atoms with Gasteiger partial charge in [0.25, 0.3) is 15.0 Å². The number of amides is 1. The van der Waals surface area contributed by atoms with Crippen LogP contribution in [0.4, 0.5) is 0 Å². The minimum atomic E-state index is -3.98. The first kappa shape index (κ1) is 17.8. The lowest BCUT2D eigenvalue weighted by atomic mass is 10.1. The summed E-state index contributed by atoms with van der Waals surface area (Å²) in [5, 5.41) is 0. The summed E-state index contributed by atoms with van der Waals surface area (Å²) in [6.07, 6.45) is 0.820. The van der Waals surface area contributed by atoms with Gasteiger partial charge in [-0.2, -0.15) is 0 Å². The minimum absolute atomic E-state index is 0.0237. The van der Waals surface area contributed by atoms with Crippen LogP contribution >= 0.6 is 10.7 Å². The van der Waals surface area contributed by atoms with Crippen LogP contribution in [0, 0.1) is 0 Å². The van der Waals surface area contributed by atoms with Gasteiger partial charge in [-0.3, -0.25) is 4.79 Å². The summed E-state index contributed by atoms with van der Waals surface area (Å²) in [4.78, 5) is 14.0. The van der Waals surface area contributed by atoms with Gasteiger partial charge in [0.15, 0.2) is 0 Å². The molecule has 0 aliphatic carbocycles. The monoisotopic (exact) mass is 333 g/mol. The molecule has 1 aromatic rings. The molecule has 0 bridgehead atoms. The number of benzene rings is 1. The van der Waals surface area contributed by atoms with Crippen molar-refractivity contribution in [3.8, 4) is 5.75 Å². The SMILES string of the molecule is CCCN(C(=O)c1ccc(OC)c(S(=O)(=O)Cl)c1)C(C)C. The van der Waals surface area contributed by atoms with Gasteiger partial charge in [0.1, 0.15) is 10.6 Å². The first-order valence-electron chi connectivity index (χ1n) is 6.66. The van der Waals surface area contributed by atoms with Crippen LogP contribution in [0.3, 0.4) is 0 Å². The fourth-order valence-electron chi connectivity index (χ4n) is 2.00. The maximum Gasteiger partial charge on any atom is 0.265 e. The summed E-state index contributed by atoms with van der Waals surface area (Å²) >= 11 is 0. The average molecular weight is 334 g/mol. The Kier molecular flexibility index (Phi) is 6.04. The predicted octanol–water partition coefficient (Wildman–Crippen LogP) is 2.88. The van der Waals surface area contributed by atoms with Gasteiger partial charge in [0, 0.05) is 28.8 Å². The quantitative estimate of drug-likeness (QED) is 0.751. The van der Waals surface area contributed by atoms with E-state index in [9.17, 15) is 13.2 Å². The minimum Gasteiger partial charge on any atom is -0.495 e. The second-order valence-corrected chi connectivity index (χ2v) is 7.43. The molecular weight excluding hydrogens is 314 g/mol. The second kappa shape index (κ2) is 7.13. The highest BCUT2D eigenvalue weighted by atomic mass is 35.7. The second-order valence-electron chi connectivity index (χ2n) is 4.90. The fourth-order valence-corrected chi connectivity index (χ4v) is 3.02. The summed E-state index contributed by atoms with van der Waals surface area (Å²) in [6, 6.07) is 4.26. The molecule has 1 aromatic carbocycles. The van der Waals surface area contributed by atoms with E-state index in [1.165, 1.54) is 25.3 Å². The van der Waals surface area contributed by atoms with Gasteiger partial charge in [-0.05, 0) is 38.5 Å². The van der Waals surface area contributed by atoms with E-state index in [0.29, 0.717) is 6.54 Å². The van der Waals surface area contributed by atoms with Crippen molar-refractivity contribution >= 4 is 25.6 Å². The third-order valence-corrected chi connectivity index (χ3v) is 4.37. The largest absolute Gasteiger partial charge is 0.495 e. The molecule has 0 radical (unpaired) electrons. The third-order valence-electron chi connectivity index (χ3n) is 3.02. The molecule has 0 atom stereocenters. The number of hydrogen-bond acceptors (Lipinski definition) is 4. The Morgan fingerprint density at radius 2 is 2.00 bits per heavy atom. The van der Waals surface area contributed by atoms with E-state index >= 15 is 0 Å². The Morgan fingerprint density at radius 3 is 2.43 bits per heavy atom. The standard InChI is InChI=1S/C14H20ClNO4S/c1-5-8-16(10(2)3)14(17)11-6-7-12(20-4)13(9-11)21(15,18)19/h6-7,9-10H,5,8H2,1-4H3. The van der Waals surface area contributed by atoms with E-state index in [4.69, 9.17) is 15.4 Å². The van der Waals surface area contributed by atoms with Crippen molar-refractivity contribution < 1.29 is 17.9 Å². The zero-order valence-corrected chi connectivity index (χ0v) is 14.2. The number of hydrogen-bond donors (Lipinski definition) is 0. The number of nitrogens with zero attached hydrogens (tertiary/aromatic N) is 1. The van der Waals surface area contributed by atoms with Crippen molar-refractivity contribution in [2.45, 2.75) is 38.1 Å². The van der Waals surface area contributed by atoms with Crippen LogP contribution in [0.15, 0.2) is 23.1 Å². The molecule has 7 heteroatoms. The van der Waals surface area contributed by atoms with Crippen molar-refractivity contribution in [1.82, 2.24) is 4.90 Å². The van der Waals surface area contributed by atoms with E-state index in [-0.39, 0.29) is 28.2 Å². The smallest absolute Gasteiger partial charge is 0.265 e. The Bertz CT molecular complexity index is 613. The lowest BCUT2D eigenvalue weighted by molar-refractivity contribution is 0.0705. The molecule has 0 heterocycles. The summed E-state index contributed by atoms with van der Waals surface area (Å²) in [5.74, 6) is -0.107. The maximum atomic E-state index is 12.5. The third kappa shape index (κ3) is 4.35. The summed E-state index contributed by atoms with van der Waals surface area (Å²) < 4.78 is 28.1. The number of methoxy groups -OCH3 is 1. The molecule has 5 nitrogen and oxygen atoms in total. The molecule has 0 saturated carbocycles. The van der Waals surface area contributed by atoms with E-state index < -0.39 is 9.05 Å². The Morgan fingerprint density at radius 1 is 1.38 bits per heavy atom. The van der Waals surface area contributed by atoms with Crippen molar-refractivity contribution in [2.24, 2.45) is 0 Å². The first-order chi connectivity index (χ1) is 9.72.